The van der Waals surface area contributed by atoms with Gasteiger partial charge in [0.15, 0.2) is 0 Å². The van der Waals surface area contributed by atoms with Gasteiger partial charge in [-0.2, -0.15) is 0 Å². The zero-order valence-electron chi connectivity index (χ0n) is 10.6. The Labute approximate surface area is 98.0 Å². The van der Waals surface area contributed by atoms with Crippen molar-refractivity contribution in [3.8, 4) is 0 Å². The minimum Gasteiger partial charge on any atom is -0.289 e. The van der Waals surface area contributed by atoms with Gasteiger partial charge in [-0.15, -0.1) is 4.67 Å². The molecule has 2 unspecified atom stereocenters. The van der Waals surface area contributed by atoms with Gasteiger partial charge in [-0.25, -0.2) is 9.45 Å². The summed E-state index contributed by atoms with van der Waals surface area (Å²) < 4.78 is 26.3. The van der Waals surface area contributed by atoms with Crippen LogP contribution < -0.4 is 0 Å². The Bertz CT molecular complexity index is 209. The Hall–Kier alpha value is 0.0700. The first-order valence-corrected chi connectivity index (χ1v) is 7.23. The maximum atomic E-state index is 11.8. The second-order valence-electron chi connectivity index (χ2n) is 3.45. The first kappa shape index (κ1) is 16.1. The molecular formula is C10H23O5P. The van der Waals surface area contributed by atoms with Gasteiger partial charge in [0, 0.05) is 7.11 Å². The number of phosphoric ester groups is 1. The normalized spacial score (nSPS) is 17.0. The molecule has 0 radical (unpaired) electrons. The van der Waals surface area contributed by atoms with Crippen molar-refractivity contribution in [2.24, 2.45) is 0 Å². The van der Waals surface area contributed by atoms with E-state index in [2.05, 4.69) is 6.92 Å². The summed E-state index contributed by atoms with van der Waals surface area (Å²) in [6, 6.07) is 0. The lowest BCUT2D eigenvalue weighted by Gasteiger charge is -2.18. The molecule has 0 aliphatic heterocycles. The summed E-state index contributed by atoms with van der Waals surface area (Å²) in [5.41, 5.74) is 0. The van der Waals surface area contributed by atoms with Crippen LogP contribution in [0.5, 0.6) is 0 Å². The fraction of sp³-hybridized carbons (Fsp3) is 1.00. The Balaban J connectivity index is 4.05. The van der Waals surface area contributed by atoms with Crippen molar-refractivity contribution in [3.63, 3.8) is 0 Å². The van der Waals surface area contributed by atoms with Gasteiger partial charge in [-0.3, -0.25) is 9.05 Å². The van der Waals surface area contributed by atoms with Crippen molar-refractivity contribution in [2.75, 3.05) is 13.7 Å². The van der Waals surface area contributed by atoms with Crippen molar-refractivity contribution in [2.45, 2.75) is 52.6 Å². The largest absolute Gasteiger partial charge is 0.501 e. The van der Waals surface area contributed by atoms with Gasteiger partial charge in [0.05, 0.1) is 12.7 Å². The zero-order valence-corrected chi connectivity index (χ0v) is 11.5. The summed E-state index contributed by atoms with van der Waals surface area (Å²) in [7, 11) is -2.25. The topological polar surface area (TPSA) is 54.0 Å². The lowest BCUT2D eigenvalue weighted by molar-refractivity contribution is -0.262. The predicted octanol–water partition coefficient (Wildman–Crippen LogP) is 3.69. The summed E-state index contributed by atoms with van der Waals surface area (Å²) in [6.07, 6.45) is 3.30. The summed E-state index contributed by atoms with van der Waals surface area (Å²) in [6.45, 7) is 6.26. The third kappa shape index (κ3) is 6.61. The average Bonchev–Trinajstić information content (AvgIpc) is 2.32. The molecule has 0 aliphatic rings. The molecule has 98 valence electrons. The molecule has 2 atom stereocenters. The number of hydrogen-bond acceptors (Lipinski definition) is 5. The summed E-state index contributed by atoms with van der Waals surface area (Å²) in [4.78, 5) is 5.07. The molecule has 0 aromatic heterocycles. The first-order chi connectivity index (χ1) is 7.61. The van der Waals surface area contributed by atoms with Crippen molar-refractivity contribution >= 4 is 7.82 Å². The Morgan fingerprint density at radius 2 is 1.88 bits per heavy atom. The van der Waals surface area contributed by atoms with E-state index in [0.29, 0.717) is 6.61 Å². The van der Waals surface area contributed by atoms with Gasteiger partial charge in [0.25, 0.3) is 0 Å². The highest BCUT2D eigenvalue weighted by Gasteiger charge is 2.27. The van der Waals surface area contributed by atoms with Crippen LogP contribution in [-0.4, -0.2) is 19.8 Å². The molecule has 0 N–H and O–H groups in total. The Morgan fingerprint density at radius 3 is 2.31 bits per heavy atom. The predicted molar refractivity (Wildman–Crippen MR) is 62.0 cm³/mol. The second-order valence-corrected chi connectivity index (χ2v) is 5.12. The monoisotopic (exact) mass is 254 g/mol. The zero-order chi connectivity index (χ0) is 12.4. The highest BCUT2D eigenvalue weighted by molar-refractivity contribution is 7.48. The molecule has 0 rings (SSSR count). The average molecular weight is 254 g/mol. The van der Waals surface area contributed by atoms with Gasteiger partial charge in [0.2, 0.25) is 0 Å². The van der Waals surface area contributed by atoms with Crippen LogP contribution >= 0.6 is 7.82 Å². The molecular weight excluding hydrogens is 231 g/mol. The molecule has 0 fully saturated rings. The van der Waals surface area contributed by atoms with Crippen LogP contribution in [-0.2, 0) is 23.2 Å². The van der Waals surface area contributed by atoms with E-state index in [9.17, 15) is 4.57 Å². The minimum absolute atomic E-state index is 0.0706. The molecule has 0 spiro atoms. The van der Waals surface area contributed by atoms with E-state index in [-0.39, 0.29) is 6.10 Å². The summed E-state index contributed by atoms with van der Waals surface area (Å²) in [5.74, 6) is 0. The highest BCUT2D eigenvalue weighted by Crippen LogP contribution is 2.49. The fourth-order valence-electron chi connectivity index (χ4n) is 1.06. The highest BCUT2D eigenvalue weighted by atomic mass is 31.2. The van der Waals surface area contributed by atoms with Crippen molar-refractivity contribution in [1.82, 2.24) is 0 Å². The van der Waals surface area contributed by atoms with E-state index in [4.69, 9.17) is 18.6 Å². The molecule has 5 nitrogen and oxygen atoms in total. The van der Waals surface area contributed by atoms with Crippen LogP contribution in [0.1, 0.15) is 46.5 Å². The van der Waals surface area contributed by atoms with Crippen LogP contribution in [0.4, 0.5) is 0 Å². The van der Waals surface area contributed by atoms with Crippen LogP contribution in [0.25, 0.3) is 0 Å². The molecule has 0 heterocycles. The van der Waals surface area contributed by atoms with Crippen LogP contribution in [0, 0.1) is 0 Å². The maximum absolute atomic E-state index is 11.8. The Morgan fingerprint density at radius 1 is 1.19 bits per heavy atom. The third-order valence-electron chi connectivity index (χ3n) is 2.01. The van der Waals surface area contributed by atoms with Gasteiger partial charge < -0.3 is 0 Å². The Kier molecular flexibility index (Phi) is 9.18. The minimum atomic E-state index is -3.53. The molecule has 0 aliphatic carbocycles. The molecule has 0 aromatic carbocycles. The van der Waals surface area contributed by atoms with E-state index >= 15 is 0 Å². The van der Waals surface area contributed by atoms with Gasteiger partial charge in [0.1, 0.15) is 0 Å². The third-order valence-corrected chi connectivity index (χ3v) is 3.23. The van der Waals surface area contributed by atoms with Crippen molar-refractivity contribution < 1.29 is 23.2 Å². The number of phosphoric acid groups is 1. The summed E-state index contributed by atoms with van der Waals surface area (Å²) in [5, 5.41) is 0. The fourth-order valence-corrected chi connectivity index (χ4v) is 1.91. The lowest BCUT2D eigenvalue weighted by Crippen LogP contribution is -2.12. The smallest absolute Gasteiger partial charge is 0.289 e. The molecule has 0 saturated heterocycles. The van der Waals surface area contributed by atoms with E-state index in [1.807, 2.05) is 13.8 Å². The SMILES string of the molecule is CCCOP(=O)(OC)OOC(CC)CCC. The van der Waals surface area contributed by atoms with Gasteiger partial charge in [-0.05, 0) is 19.3 Å². The van der Waals surface area contributed by atoms with E-state index in [1.165, 1.54) is 7.11 Å². The van der Waals surface area contributed by atoms with Crippen molar-refractivity contribution in [3.05, 3.63) is 0 Å². The molecule has 16 heavy (non-hydrogen) atoms. The molecule has 6 heteroatoms. The van der Waals surface area contributed by atoms with E-state index in [0.717, 1.165) is 25.7 Å². The number of hydrogen-bond donors (Lipinski definition) is 0. The lowest BCUT2D eigenvalue weighted by atomic mass is 10.2. The van der Waals surface area contributed by atoms with E-state index in [1.54, 1.807) is 0 Å². The number of rotatable bonds is 10. The van der Waals surface area contributed by atoms with Gasteiger partial charge in [-0.1, -0.05) is 27.2 Å². The van der Waals surface area contributed by atoms with Crippen molar-refractivity contribution in [1.29, 1.82) is 0 Å². The van der Waals surface area contributed by atoms with Crippen LogP contribution in [0.2, 0.25) is 0 Å². The standard InChI is InChI=1S/C10H23O5P/c1-5-8-10(7-3)14-15-16(11,12-4)13-9-6-2/h10H,5-9H2,1-4H3. The molecule has 0 aromatic rings. The second kappa shape index (κ2) is 9.14. The quantitative estimate of drug-likeness (QED) is 0.338. The molecule has 0 amide bonds. The van der Waals surface area contributed by atoms with Crippen LogP contribution in [0.15, 0.2) is 0 Å². The van der Waals surface area contributed by atoms with Gasteiger partial charge >= 0.3 is 7.82 Å². The molecule has 0 saturated carbocycles. The molecule has 0 bridgehead atoms. The first-order valence-electron chi connectivity index (χ1n) is 5.77. The summed E-state index contributed by atoms with van der Waals surface area (Å²) >= 11 is 0. The maximum Gasteiger partial charge on any atom is 0.501 e. The van der Waals surface area contributed by atoms with E-state index < -0.39 is 7.82 Å². The van der Waals surface area contributed by atoms with Crippen LogP contribution in [0.3, 0.4) is 0 Å².